The first-order valence-corrected chi connectivity index (χ1v) is 12.6. The van der Waals surface area contributed by atoms with Crippen LogP contribution in [0.5, 0.6) is 0 Å². The molecule has 0 aromatic heterocycles. The number of halogens is 1. The Morgan fingerprint density at radius 1 is 1.14 bits per heavy atom. The van der Waals surface area contributed by atoms with Gasteiger partial charge in [0.05, 0.1) is 0 Å². The van der Waals surface area contributed by atoms with E-state index in [4.69, 9.17) is 11.6 Å². The minimum absolute atomic E-state index is 0.0578. The number of hydrogen-bond acceptors (Lipinski definition) is 2. The lowest BCUT2D eigenvalue weighted by Gasteiger charge is -2.40. The zero-order valence-electron chi connectivity index (χ0n) is 17.0. The molecule has 0 radical (unpaired) electrons. The topological polar surface area (TPSA) is 15.3 Å². The fraction of sp³-hybridized carbons (Fsp3) is 0.400. The van der Waals surface area contributed by atoms with Crippen LogP contribution in [0.1, 0.15) is 36.0 Å². The molecule has 0 bridgehead atoms. The van der Waals surface area contributed by atoms with E-state index in [-0.39, 0.29) is 15.9 Å². The van der Waals surface area contributed by atoms with Crippen LogP contribution in [0.3, 0.4) is 0 Å². The highest BCUT2D eigenvalue weighted by atomic mass is 35.5. The van der Waals surface area contributed by atoms with Gasteiger partial charge in [0.1, 0.15) is 0 Å². The zero-order valence-corrected chi connectivity index (χ0v) is 18.5. The molecule has 0 amide bonds. The number of anilines is 1. The number of nitrogens with zero attached hydrogens (tertiary/aromatic N) is 1. The number of benzene rings is 2. The first kappa shape index (κ1) is 19.4. The van der Waals surface area contributed by atoms with Crippen molar-refractivity contribution in [2.45, 2.75) is 42.4 Å². The number of rotatable bonds is 4. The molecule has 152 valence electrons. The molecule has 1 N–H and O–H groups in total. The minimum Gasteiger partial charge on any atom is -0.358 e. The summed E-state index contributed by atoms with van der Waals surface area (Å²) < 4.78 is 0. The van der Waals surface area contributed by atoms with Gasteiger partial charge in [0, 0.05) is 26.7 Å². The summed E-state index contributed by atoms with van der Waals surface area (Å²) in [5.41, 5.74) is 6.78. The van der Waals surface area contributed by atoms with E-state index < -0.39 is 0 Å². The van der Waals surface area contributed by atoms with Crippen LogP contribution >= 0.6 is 22.1 Å². The van der Waals surface area contributed by atoms with Crippen molar-refractivity contribution >= 4 is 33.6 Å². The Bertz CT molecular complexity index is 988. The maximum Gasteiger partial charge on any atom is 0.0425 e. The van der Waals surface area contributed by atoms with Gasteiger partial charge >= 0.3 is 0 Å². The number of allylic oxidation sites excluding steroid dienone is 1. The van der Waals surface area contributed by atoms with Crippen LogP contribution in [-0.4, -0.2) is 36.2 Å². The second-order valence-electron chi connectivity index (χ2n) is 8.71. The highest BCUT2D eigenvalue weighted by Gasteiger charge is 2.44. The van der Waals surface area contributed by atoms with E-state index in [9.17, 15) is 0 Å². The van der Waals surface area contributed by atoms with Gasteiger partial charge in [-0.2, -0.15) is 10.5 Å². The van der Waals surface area contributed by atoms with Gasteiger partial charge in [-0.1, -0.05) is 36.2 Å². The summed E-state index contributed by atoms with van der Waals surface area (Å²) in [5, 5.41) is 4.33. The van der Waals surface area contributed by atoms with Gasteiger partial charge in [0.2, 0.25) is 0 Å². The van der Waals surface area contributed by atoms with Crippen molar-refractivity contribution in [2.24, 2.45) is 0 Å². The summed E-state index contributed by atoms with van der Waals surface area (Å²) in [5.74, 6) is 5.53. The number of nitrogens with one attached hydrogen (secondary N) is 1. The van der Waals surface area contributed by atoms with Crippen molar-refractivity contribution in [3.63, 3.8) is 0 Å². The SMILES string of the molecule is C=C1Nc2ccc(Cl)cc2C12CCN(CCCc1ccc3c(c1)CCS3=C)CC2. The summed E-state index contributed by atoms with van der Waals surface area (Å²) in [4.78, 5) is 4.13. The first-order valence-electron chi connectivity index (χ1n) is 10.7. The van der Waals surface area contributed by atoms with Gasteiger partial charge in [0.15, 0.2) is 0 Å². The molecule has 3 heterocycles. The smallest absolute Gasteiger partial charge is 0.0425 e. The summed E-state index contributed by atoms with van der Waals surface area (Å²) in [7, 11) is 0.231. The van der Waals surface area contributed by atoms with Crippen molar-refractivity contribution in [1.29, 1.82) is 0 Å². The third kappa shape index (κ3) is 3.48. The van der Waals surface area contributed by atoms with E-state index in [1.165, 1.54) is 53.3 Å². The Labute approximate surface area is 181 Å². The second-order valence-corrected chi connectivity index (χ2v) is 11.0. The van der Waals surface area contributed by atoms with Crippen molar-refractivity contribution in [1.82, 2.24) is 4.90 Å². The normalized spacial score (nSPS) is 22.5. The molecule has 4 heteroatoms. The summed E-state index contributed by atoms with van der Waals surface area (Å²) >= 11 is 6.30. The number of piperidine rings is 1. The van der Waals surface area contributed by atoms with E-state index >= 15 is 0 Å². The quantitative estimate of drug-likeness (QED) is 0.618. The number of likely N-dealkylation sites (tertiary alicyclic amines) is 1. The number of aryl methyl sites for hydroxylation is 2. The fourth-order valence-electron chi connectivity index (χ4n) is 5.31. The molecule has 1 spiro atoms. The van der Waals surface area contributed by atoms with Crippen molar-refractivity contribution in [3.05, 3.63) is 70.4 Å². The van der Waals surface area contributed by atoms with Gasteiger partial charge in [-0.3, -0.25) is 0 Å². The Hall–Kier alpha value is -1.55. The third-order valence-corrected chi connectivity index (χ3v) is 9.02. The lowest BCUT2D eigenvalue weighted by atomic mass is 9.72. The largest absolute Gasteiger partial charge is 0.358 e. The lowest BCUT2D eigenvalue weighted by Crippen LogP contribution is -2.43. The molecule has 2 nitrogen and oxygen atoms in total. The van der Waals surface area contributed by atoms with E-state index in [2.05, 4.69) is 53.0 Å². The predicted molar refractivity (Wildman–Crippen MR) is 128 cm³/mol. The molecule has 29 heavy (non-hydrogen) atoms. The molecular formula is C25H29ClN2S. The molecule has 0 aliphatic carbocycles. The van der Waals surface area contributed by atoms with Crippen LogP contribution in [0.25, 0.3) is 0 Å². The average molecular weight is 425 g/mol. The molecule has 5 rings (SSSR count). The fourth-order valence-corrected chi connectivity index (χ4v) is 6.96. The predicted octanol–water partition coefficient (Wildman–Crippen LogP) is 5.86. The standard InChI is InChI=1S/C25H29ClN2S/c1-18-25(22-17-21(26)6-7-23(22)27-18)10-13-28(14-11-25)12-3-4-19-5-8-24-20(16-19)9-15-29(24)2/h5-8,16-17,27H,1-4,9-15H2. The van der Waals surface area contributed by atoms with Crippen molar-refractivity contribution in [2.75, 3.05) is 30.7 Å². The molecule has 3 aliphatic rings. The number of hydrogen-bond donors (Lipinski definition) is 1. The van der Waals surface area contributed by atoms with Gasteiger partial charge in [-0.15, -0.1) is 0 Å². The molecule has 2 aromatic rings. The molecule has 1 unspecified atom stereocenters. The van der Waals surface area contributed by atoms with E-state index in [1.807, 2.05) is 6.07 Å². The Balaban J connectivity index is 1.18. The highest BCUT2D eigenvalue weighted by molar-refractivity contribution is 8.14. The highest BCUT2D eigenvalue weighted by Crippen LogP contribution is 2.50. The third-order valence-electron chi connectivity index (χ3n) is 7.06. The van der Waals surface area contributed by atoms with Crippen molar-refractivity contribution < 1.29 is 0 Å². The van der Waals surface area contributed by atoms with E-state index in [0.717, 1.165) is 36.7 Å². The molecule has 2 aromatic carbocycles. The van der Waals surface area contributed by atoms with Gasteiger partial charge < -0.3 is 10.2 Å². The zero-order chi connectivity index (χ0) is 20.0. The van der Waals surface area contributed by atoms with Crippen LogP contribution in [0.4, 0.5) is 5.69 Å². The summed E-state index contributed by atoms with van der Waals surface area (Å²) in [6.07, 6.45) is 5.86. The number of fused-ring (bicyclic) bond motifs is 3. The maximum atomic E-state index is 6.30. The Morgan fingerprint density at radius 3 is 2.79 bits per heavy atom. The van der Waals surface area contributed by atoms with E-state index in [0.29, 0.717) is 0 Å². The van der Waals surface area contributed by atoms with Gasteiger partial charge in [0.25, 0.3) is 0 Å². The second kappa shape index (κ2) is 7.61. The lowest BCUT2D eigenvalue weighted by molar-refractivity contribution is 0.179. The summed E-state index contributed by atoms with van der Waals surface area (Å²) in [6.45, 7) is 7.79. The first-order chi connectivity index (χ1) is 14.0. The molecule has 0 saturated carbocycles. The van der Waals surface area contributed by atoms with E-state index in [1.54, 1.807) is 5.56 Å². The Morgan fingerprint density at radius 2 is 1.97 bits per heavy atom. The van der Waals surface area contributed by atoms with Crippen molar-refractivity contribution in [3.8, 4) is 0 Å². The molecule has 1 saturated heterocycles. The average Bonchev–Trinajstić information content (AvgIpc) is 3.21. The summed E-state index contributed by atoms with van der Waals surface area (Å²) in [6, 6.07) is 13.3. The molecule has 3 aliphatic heterocycles. The van der Waals surface area contributed by atoms with Crippen LogP contribution in [0.2, 0.25) is 5.02 Å². The molecule has 1 atom stereocenters. The van der Waals surface area contributed by atoms with Crippen LogP contribution < -0.4 is 5.32 Å². The molecular weight excluding hydrogens is 396 g/mol. The monoisotopic (exact) mass is 424 g/mol. The minimum atomic E-state index is 0.0578. The molecule has 1 fully saturated rings. The van der Waals surface area contributed by atoms with Gasteiger partial charge in [-0.05, 0) is 98.4 Å². The maximum absolute atomic E-state index is 6.30. The van der Waals surface area contributed by atoms with Crippen LogP contribution in [0.15, 0.2) is 53.6 Å². The van der Waals surface area contributed by atoms with Crippen LogP contribution in [0, 0.1) is 0 Å². The Kier molecular flexibility index (Phi) is 5.09. The van der Waals surface area contributed by atoms with Gasteiger partial charge in [-0.25, -0.2) is 0 Å². The van der Waals surface area contributed by atoms with Crippen LogP contribution in [-0.2, 0) is 18.3 Å².